The standard InChI is InChI=1S/C28H26BrN5O/c1-33(2)14-13-28(35,22-11-7-4-8-12-22)25-17-23(29)15-21-16-24(20-9-5-3-6-10-20)27(32-26(21)25)34-19-30-18-31-34/h3-12,15-19,35H,13-14H2,1-2H3. The van der Waals surface area contributed by atoms with E-state index in [2.05, 4.69) is 49.1 Å². The van der Waals surface area contributed by atoms with Crippen molar-refractivity contribution in [2.75, 3.05) is 20.6 Å². The number of hydrogen-bond donors (Lipinski definition) is 1. The fraction of sp³-hybridized carbons (Fsp3) is 0.179. The number of hydrogen-bond acceptors (Lipinski definition) is 5. The molecule has 0 bridgehead atoms. The molecule has 35 heavy (non-hydrogen) atoms. The normalized spacial score (nSPS) is 13.3. The molecule has 6 nitrogen and oxygen atoms in total. The highest BCUT2D eigenvalue weighted by atomic mass is 79.9. The first kappa shape index (κ1) is 23.4. The highest BCUT2D eigenvalue weighted by Gasteiger charge is 2.34. The van der Waals surface area contributed by atoms with Gasteiger partial charge < -0.3 is 10.0 Å². The first-order chi connectivity index (χ1) is 17.0. The summed E-state index contributed by atoms with van der Waals surface area (Å²) in [4.78, 5) is 11.3. The lowest BCUT2D eigenvalue weighted by molar-refractivity contribution is 0.0641. The summed E-state index contributed by atoms with van der Waals surface area (Å²) in [7, 11) is 4.02. The molecule has 0 saturated carbocycles. The fourth-order valence-corrected chi connectivity index (χ4v) is 4.89. The van der Waals surface area contributed by atoms with E-state index in [1.165, 1.54) is 6.33 Å². The van der Waals surface area contributed by atoms with Crippen LogP contribution in [0.4, 0.5) is 0 Å². The Balaban J connectivity index is 1.81. The fourth-order valence-electron chi connectivity index (χ4n) is 4.41. The van der Waals surface area contributed by atoms with E-state index in [0.29, 0.717) is 18.8 Å². The molecule has 0 saturated heterocycles. The summed E-state index contributed by atoms with van der Waals surface area (Å²) in [5, 5.41) is 17.6. The molecule has 2 heterocycles. The molecular weight excluding hydrogens is 502 g/mol. The summed E-state index contributed by atoms with van der Waals surface area (Å²) in [6.07, 6.45) is 3.66. The topological polar surface area (TPSA) is 67.1 Å². The summed E-state index contributed by atoms with van der Waals surface area (Å²) >= 11 is 3.69. The van der Waals surface area contributed by atoms with E-state index in [4.69, 9.17) is 4.98 Å². The van der Waals surface area contributed by atoms with Crippen LogP contribution in [0.25, 0.3) is 27.8 Å². The molecule has 0 aliphatic carbocycles. The van der Waals surface area contributed by atoms with Gasteiger partial charge in [-0.1, -0.05) is 76.6 Å². The zero-order valence-electron chi connectivity index (χ0n) is 19.6. The molecule has 3 aromatic carbocycles. The SMILES string of the molecule is CN(C)CCC(O)(c1ccccc1)c1cc(Br)cc2cc(-c3ccccc3)c(-n3cncn3)nc12. The zero-order chi connectivity index (χ0) is 24.4. The lowest BCUT2D eigenvalue weighted by Gasteiger charge is -2.32. The van der Waals surface area contributed by atoms with E-state index in [0.717, 1.165) is 37.6 Å². The summed E-state index contributed by atoms with van der Waals surface area (Å²) in [6.45, 7) is 0.706. The largest absolute Gasteiger partial charge is 0.380 e. The van der Waals surface area contributed by atoms with Gasteiger partial charge >= 0.3 is 0 Å². The van der Waals surface area contributed by atoms with E-state index >= 15 is 0 Å². The predicted molar refractivity (Wildman–Crippen MR) is 142 cm³/mol. The molecule has 176 valence electrons. The molecule has 0 spiro atoms. The van der Waals surface area contributed by atoms with Crippen molar-refractivity contribution in [3.8, 4) is 16.9 Å². The number of aliphatic hydroxyl groups is 1. The van der Waals surface area contributed by atoms with Gasteiger partial charge in [0.2, 0.25) is 0 Å². The number of benzene rings is 3. The minimum atomic E-state index is -1.24. The number of nitrogens with zero attached hydrogens (tertiary/aromatic N) is 5. The maximum absolute atomic E-state index is 12.3. The van der Waals surface area contributed by atoms with Gasteiger partial charge in [0.05, 0.1) is 5.52 Å². The second-order valence-corrected chi connectivity index (χ2v) is 9.79. The number of pyridine rings is 1. The van der Waals surface area contributed by atoms with Crippen molar-refractivity contribution in [2.24, 2.45) is 0 Å². The van der Waals surface area contributed by atoms with Crippen LogP contribution in [0.5, 0.6) is 0 Å². The second-order valence-electron chi connectivity index (χ2n) is 8.87. The Labute approximate surface area is 213 Å². The monoisotopic (exact) mass is 527 g/mol. The van der Waals surface area contributed by atoms with Crippen LogP contribution in [0, 0.1) is 0 Å². The zero-order valence-corrected chi connectivity index (χ0v) is 21.2. The van der Waals surface area contributed by atoms with E-state index in [1.54, 1.807) is 11.0 Å². The third-order valence-corrected chi connectivity index (χ3v) is 6.66. The van der Waals surface area contributed by atoms with E-state index in [-0.39, 0.29) is 0 Å². The van der Waals surface area contributed by atoms with Gasteiger partial charge in [0.25, 0.3) is 0 Å². The van der Waals surface area contributed by atoms with Gasteiger partial charge in [-0.25, -0.2) is 14.6 Å². The molecule has 0 aliphatic rings. The van der Waals surface area contributed by atoms with Gasteiger partial charge in [0, 0.05) is 27.5 Å². The average Bonchev–Trinajstić information content (AvgIpc) is 3.42. The van der Waals surface area contributed by atoms with Crippen molar-refractivity contribution in [1.82, 2.24) is 24.6 Å². The predicted octanol–water partition coefficient (Wildman–Crippen LogP) is 5.43. The number of rotatable bonds is 7. The molecule has 5 aromatic rings. The summed E-state index contributed by atoms with van der Waals surface area (Å²) in [5.74, 6) is 0.660. The van der Waals surface area contributed by atoms with E-state index in [9.17, 15) is 5.11 Å². The van der Waals surface area contributed by atoms with Crippen LogP contribution in [0.15, 0.2) is 96.0 Å². The van der Waals surface area contributed by atoms with E-state index < -0.39 is 5.60 Å². The Bertz CT molecular complexity index is 1440. The molecule has 7 heteroatoms. The van der Waals surface area contributed by atoms with Crippen LogP contribution >= 0.6 is 15.9 Å². The van der Waals surface area contributed by atoms with Crippen molar-refractivity contribution in [3.05, 3.63) is 107 Å². The number of fused-ring (bicyclic) bond motifs is 1. The van der Waals surface area contributed by atoms with Crippen LogP contribution in [-0.2, 0) is 5.60 Å². The minimum Gasteiger partial charge on any atom is -0.380 e. The second kappa shape index (κ2) is 9.70. The van der Waals surface area contributed by atoms with Crippen molar-refractivity contribution in [1.29, 1.82) is 0 Å². The first-order valence-corrected chi connectivity index (χ1v) is 12.2. The summed E-state index contributed by atoms with van der Waals surface area (Å²) in [6, 6.07) is 26.1. The Morgan fingerprint density at radius 3 is 2.34 bits per heavy atom. The van der Waals surface area contributed by atoms with Gasteiger partial charge in [-0.3, -0.25) is 0 Å². The van der Waals surface area contributed by atoms with Crippen LogP contribution in [0.1, 0.15) is 17.5 Å². The van der Waals surface area contributed by atoms with Crippen molar-refractivity contribution in [2.45, 2.75) is 12.0 Å². The average molecular weight is 528 g/mol. The molecule has 5 rings (SSSR count). The Kier molecular flexibility index (Phi) is 6.47. The van der Waals surface area contributed by atoms with Crippen molar-refractivity contribution < 1.29 is 5.11 Å². The molecule has 0 radical (unpaired) electrons. The Morgan fingerprint density at radius 2 is 1.69 bits per heavy atom. The molecule has 2 aromatic heterocycles. The van der Waals surface area contributed by atoms with Gasteiger partial charge in [0.1, 0.15) is 18.3 Å². The molecular formula is C28H26BrN5O. The van der Waals surface area contributed by atoms with Gasteiger partial charge in [0.15, 0.2) is 5.82 Å². The molecule has 0 amide bonds. The van der Waals surface area contributed by atoms with Crippen LogP contribution in [-0.4, -0.2) is 50.4 Å². The quantitative estimate of drug-likeness (QED) is 0.305. The summed E-state index contributed by atoms with van der Waals surface area (Å²) in [5.41, 5.74) is 3.02. The maximum atomic E-state index is 12.3. The van der Waals surface area contributed by atoms with Crippen molar-refractivity contribution in [3.63, 3.8) is 0 Å². The van der Waals surface area contributed by atoms with Crippen LogP contribution < -0.4 is 0 Å². The highest BCUT2D eigenvalue weighted by molar-refractivity contribution is 9.10. The van der Waals surface area contributed by atoms with Gasteiger partial charge in [-0.2, -0.15) is 5.10 Å². The van der Waals surface area contributed by atoms with Crippen LogP contribution in [0.2, 0.25) is 0 Å². The Hall–Kier alpha value is -3.39. The minimum absolute atomic E-state index is 0.510. The lowest BCUT2D eigenvalue weighted by atomic mass is 9.82. The van der Waals surface area contributed by atoms with Crippen LogP contribution in [0.3, 0.4) is 0 Å². The Morgan fingerprint density at radius 1 is 0.971 bits per heavy atom. The molecule has 1 atom stereocenters. The number of aromatic nitrogens is 4. The van der Waals surface area contributed by atoms with Crippen molar-refractivity contribution >= 4 is 26.8 Å². The first-order valence-electron chi connectivity index (χ1n) is 11.4. The number of halogens is 1. The lowest BCUT2D eigenvalue weighted by Crippen LogP contribution is -2.32. The molecule has 0 aliphatic heterocycles. The molecule has 0 fully saturated rings. The van der Waals surface area contributed by atoms with Gasteiger partial charge in [-0.15, -0.1) is 0 Å². The summed E-state index contributed by atoms with van der Waals surface area (Å²) < 4.78 is 2.56. The highest BCUT2D eigenvalue weighted by Crippen LogP contribution is 2.40. The third-order valence-electron chi connectivity index (χ3n) is 6.20. The maximum Gasteiger partial charge on any atom is 0.163 e. The van der Waals surface area contributed by atoms with E-state index in [1.807, 2.05) is 74.8 Å². The smallest absolute Gasteiger partial charge is 0.163 e. The molecule has 1 N–H and O–H groups in total. The third kappa shape index (κ3) is 4.62. The molecule has 1 unspecified atom stereocenters. The van der Waals surface area contributed by atoms with Gasteiger partial charge in [-0.05, 0) is 49.8 Å².